The number of rotatable bonds is 4. The number of nitrogens with zero attached hydrogens (tertiary/aromatic N) is 3. The van der Waals surface area contributed by atoms with Crippen molar-refractivity contribution in [3.63, 3.8) is 0 Å². The Morgan fingerprint density at radius 2 is 1.64 bits per heavy atom. The fourth-order valence-corrected chi connectivity index (χ4v) is 2.47. The van der Waals surface area contributed by atoms with Crippen LogP contribution < -0.4 is 20.1 Å². The van der Waals surface area contributed by atoms with Gasteiger partial charge in [-0.05, 0) is 36.4 Å². The van der Waals surface area contributed by atoms with Gasteiger partial charge in [0.05, 0.1) is 6.20 Å². The quantitative estimate of drug-likeness (QED) is 0.737. The van der Waals surface area contributed by atoms with Crippen molar-refractivity contribution >= 4 is 34.7 Å². The summed E-state index contributed by atoms with van der Waals surface area (Å²) < 4.78 is 11.1. The molecule has 0 spiro atoms. The lowest BCUT2D eigenvalue weighted by Gasteiger charge is -2.19. The van der Waals surface area contributed by atoms with Crippen LogP contribution in [0.15, 0.2) is 48.7 Å². The Labute approximate surface area is 149 Å². The van der Waals surface area contributed by atoms with Gasteiger partial charge >= 0.3 is 0 Å². The van der Waals surface area contributed by atoms with E-state index in [1.165, 1.54) is 0 Å². The number of ether oxygens (including phenoxy) is 2. The van der Waals surface area contributed by atoms with Gasteiger partial charge in [0.2, 0.25) is 5.95 Å². The van der Waals surface area contributed by atoms with Crippen LogP contribution in [0.1, 0.15) is 0 Å². The largest absolute Gasteiger partial charge is 0.486 e. The summed E-state index contributed by atoms with van der Waals surface area (Å²) >= 11 is 5.89. The molecule has 0 amide bonds. The second-order valence-electron chi connectivity index (χ2n) is 5.28. The second kappa shape index (κ2) is 6.82. The van der Waals surface area contributed by atoms with Crippen molar-refractivity contribution in [3.05, 3.63) is 53.7 Å². The minimum absolute atomic E-state index is 0.371. The molecule has 0 radical (unpaired) electrons. The van der Waals surface area contributed by atoms with E-state index in [-0.39, 0.29) is 0 Å². The molecule has 0 aliphatic carbocycles. The van der Waals surface area contributed by atoms with Gasteiger partial charge in [0, 0.05) is 22.5 Å². The number of aromatic nitrogens is 3. The predicted molar refractivity (Wildman–Crippen MR) is 95.3 cm³/mol. The summed E-state index contributed by atoms with van der Waals surface area (Å²) in [6.07, 6.45) is 1.55. The molecule has 2 N–H and O–H groups in total. The van der Waals surface area contributed by atoms with Crippen molar-refractivity contribution in [2.24, 2.45) is 0 Å². The summed E-state index contributed by atoms with van der Waals surface area (Å²) in [6, 6.07) is 12.9. The predicted octanol–water partition coefficient (Wildman–Crippen LogP) is 3.78. The van der Waals surface area contributed by atoms with Gasteiger partial charge in [-0.1, -0.05) is 11.6 Å². The fraction of sp³-hybridized carbons (Fsp3) is 0.118. The van der Waals surface area contributed by atoms with Crippen LogP contribution in [-0.4, -0.2) is 28.4 Å². The molecule has 1 aliphatic rings. The standard InChI is InChI=1S/C17H14ClN5O2/c18-11-1-3-12(4-2-11)20-16-10-19-23-17(22-16)21-13-5-6-14-15(9-13)25-8-7-24-14/h1-6,9-10H,7-8H2,(H2,20,21,22,23). The number of hydrogen-bond donors (Lipinski definition) is 2. The highest BCUT2D eigenvalue weighted by molar-refractivity contribution is 6.30. The third-order valence-corrected chi connectivity index (χ3v) is 3.73. The molecule has 3 aromatic rings. The molecule has 1 aliphatic heterocycles. The maximum Gasteiger partial charge on any atom is 0.249 e. The van der Waals surface area contributed by atoms with E-state index in [2.05, 4.69) is 25.8 Å². The lowest BCUT2D eigenvalue weighted by atomic mass is 10.2. The molecule has 8 heteroatoms. The zero-order chi connectivity index (χ0) is 17.1. The van der Waals surface area contributed by atoms with Crippen LogP contribution in [0.3, 0.4) is 0 Å². The van der Waals surface area contributed by atoms with Gasteiger partial charge in [-0.25, -0.2) is 0 Å². The molecule has 126 valence electrons. The first-order valence-electron chi connectivity index (χ1n) is 7.65. The molecule has 0 saturated heterocycles. The molecule has 0 atom stereocenters. The van der Waals surface area contributed by atoms with Gasteiger partial charge in [-0.3, -0.25) is 0 Å². The highest BCUT2D eigenvalue weighted by Crippen LogP contribution is 2.33. The average molecular weight is 356 g/mol. The van der Waals surface area contributed by atoms with Crippen LogP contribution in [-0.2, 0) is 0 Å². The number of anilines is 4. The fourth-order valence-electron chi connectivity index (χ4n) is 2.35. The molecule has 0 fully saturated rings. The summed E-state index contributed by atoms with van der Waals surface area (Å²) in [5.74, 6) is 2.36. The van der Waals surface area contributed by atoms with Gasteiger partial charge in [0.1, 0.15) is 13.2 Å². The monoisotopic (exact) mass is 355 g/mol. The number of benzene rings is 2. The van der Waals surface area contributed by atoms with Gasteiger partial charge in [-0.15, -0.1) is 5.10 Å². The van der Waals surface area contributed by atoms with Crippen LogP contribution in [0, 0.1) is 0 Å². The van der Waals surface area contributed by atoms with Crippen LogP contribution in [0.2, 0.25) is 5.02 Å². The van der Waals surface area contributed by atoms with Crippen molar-refractivity contribution in [2.45, 2.75) is 0 Å². The maximum absolute atomic E-state index is 5.89. The number of hydrogen-bond acceptors (Lipinski definition) is 7. The Hall–Kier alpha value is -3.06. The first-order valence-corrected chi connectivity index (χ1v) is 8.03. The van der Waals surface area contributed by atoms with Crippen molar-refractivity contribution in [2.75, 3.05) is 23.8 Å². The van der Waals surface area contributed by atoms with Crippen molar-refractivity contribution in [1.82, 2.24) is 15.2 Å². The van der Waals surface area contributed by atoms with E-state index in [9.17, 15) is 0 Å². The highest BCUT2D eigenvalue weighted by atomic mass is 35.5. The zero-order valence-corrected chi connectivity index (χ0v) is 13.8. The molecule has 0 unspecified atom stereocenters. The number of halogens is 1. The van der Waals surface area contributed by atoms with Crippen LogP contribution in [0.5, 0.6) is 11.5 Å². The molecule has 2 aromatic carbocycles. The molecule has 4 rings (SSSR count). The van der Waals surface area contributed by atoms with E-state index in [4.69, 9.17) is 21.1 Å². The Morgan fingerprint density at radius 1 is 0.880 bits per heavy atom. The molecule has 25 heavy (non-hydrogen) atoms. The van der Waals surface area contributed by atoms with E-state index in [1.54, 1.807) is 18.3 Å². The summed E-state index contributed by atoms with van der Waals surface area (Å²) in [4.78, 5) is 4.40. The number of nitrogens with one attached hydrogen (secondary N) is 2. The third kappa shape index (κ3) is 3.72. The Kier molecular flexibility index (Phi) is 4.22. The topological polar surface area (TPSA) is 81.2 Å². The van der Waals surface area contributed by atoms with Gasteiger partial charge < -0.3 is 20.1 Å². The summed E-state index contributed by atoms with van der Waals surface area (Å²) in [6.45, 7) is 1.10. The van der Waals surface area contributed by atoms with Crippen molar-refractivity contribution in [1.29, 1.82) is 0 Å². The minimum Gasteiger partial charge on any atom is -0.486 e. The van der Waals surface area contributed by atoms with Gasteiger partial charge in [0.25, 0.3) is 0 Å². The van der Waals surface area contributed by atoms with Crippen LogP contribution >= 0.6 is 11.6 Å². The van der Waals surface area contributed by atoms with Crippen molar-refractivity contribution in [3.8, 4) is 11.5 Å². The SMILES string of the molecule is Clc1ccc(Nc2cnnc(Nc3ccc4c(c3)OCCO4)n2)cc1. The average Bonchev–Trinajstić information content (AvgIpc) is 2.64. The summed E-state index contributed by atoms with van der Waals surface area (Å²) in [5, 5.41) is 14.9. The second-order valence-corrected chi connectivity index (χ2v) is 5.72. The Bertz CT molecular complexity index is 888. The van der Waals surface area contributed by atoms with E-state index in [1.807, 2.05) is 30.3 Å². The van der Waals surface area contributed by atoms with E-state index >= 15 is 0 Å². The molecule has 0 bridgehead atoms. The molecule has 7 nitrogen and oxygen atoms in total. The van der Waals surface area contributed by atoms with Crippen LogP contribution in [0.25, 0.3) is 0 Å². The van der Waals surface area contributed by atoms with Gasteiger partial charge in [-0.2, -0.15) is 10.1 Å². The van der Waals surface area contributed by atoms with Crippen LogP contribution in [0.4, 0.5) is 23.1 Å². The van der Waals surface area contributed by atoms with Gasteiger partial charge in [0.15, 0.2) is 17.3 Å². The minimum atomic E-state index is 0.371. The molecule has 1 aromatic heterocycles. The highest BCUT2D eigenvalue weighted by Gasteiger charge is 2.12. The third-order valence-electron chi connectivity index (χ3n) is 3.47. The van der Waals surface area contributed by atoms with E-state index in [0.29, 0.717) is 35.8 Å². The van der Waals surface area contributed by atoms with E-state index in [0.717, 1.165) is 17.1 Å². The first kappa shape index (κ1) is 15.5. The lowest BCUT2D eigenvalue weighted by Crippen LogP contribution is -2.15. The lowest BCUT2D eigenvalue weighted by molar-refractivity contribution is 0.171. The Balaban J connectivity index is 1.50. The first-order chi connectivity index (χ1) is 12.3. The Morgan fingerprint density at radius 3 is 2.48 bits per heavy atom. The molecular weight excluding hydrogens is 342 g/mol. The normalized spacial score (nSPS) is 12.5. The summed E-state index contributed by atoms with van der Waals surface area (Å²) in [5.41, 5.74) is 1.64. The number of fused-ring (bicyclic) bond motifs is 1. The van der Waals surface area contributed by atoms with E-state index < -0.39 is 0 Å². The van der Waals surface area contributed by atoms with Crippen molar-refractivity contribution < 1.29 is 9.47 Å². The molecule has 0 saturated carbocycles. The zero-order valence-electron chi connectivity index (χ0n) is 13.1. The smallest absolute Gasteiger partial charge is 0.249 e. The molecule has 2 heterocycles. The summed E-state index contributed by atoms with van der Waals surface area (Å²) in [7, 11) is 0. The maximum atomic E-state index is 5.89. The molecular formula is C17H14ClN5O2.